The Morgan fingerprint density at radius 1 is 1.59 bits per heavy atom. The number of hydrogen-bond acceptors (Lipinski definition) is 4. The summed E-state index contributed by atoms with van der Waals surface area (Å²) in [5.74, 6) is -1.18. The third-order valence-corrected chi connectivity index (χ3v) is 2.19. The van der Waals surface area contributed by atoms with Crippen LogP contribution in [0.5, 0.6) is 5.75 Å². The van der Waals surface area contributed by atoms with Crippen molar-refractivity contribution in [3.63, 3.8) is 0 Å². The van der Waals surface area contributed by atoms with E-state index in [4.69, 9.17) is 21.1 Å². The number of ether oxygens (including phenoxy) is 2. The van der Waals surface area contributed by atoms with Gasteiger partial charge < -0.3 is 9.47 Å². The van der Waals surface area contributed by atoms with E-state index in [0.29, 0.717) is 0 Å². The van der Waals surface area contributed by atoms with E-state index >= 15 is 0 Å². The molecule has 94 valence electrons. The highest BCUT2D eigenvalue weighted by Crippen LogP contribution is 2.34. The molecule has 1 aromatic rings. The van der Waals surface area contributed by atoms with Crippen molar-refractivity contribution in [3.05, 3.63) is 22.5 Å². The minimum absolute atomic E-state index is 0.0929. The highest BCUT2D eigenvalue weighted by molar-refractivity contribution is 6.33. The second kappa shape index (κ2) is 5.77. The Labute approximate surface area is 101 Å². The van der Waals surface area contributed by atoms with Crippen LogP contribution >= 0.6 is 11.6 Å². The fraction of sp³-hybridized carbons (Fsp3) is 0.400. The molecule has 0 unspecified atom stereocenters. The van der Waals surface area contributed by atoms with Gasteiger partial charge in [-0.15, -0.1) is 0 Å². The molecule has 0 N–H and O–H groups in total. The number of carbonyl (C=O) groups excluding carboxylic acids is 1. The highest BCUT2D eigenvalue weighted by Gasteiger charge is 2.26. The summed E-state index contributed by atoms with van der Waals surface area (Å²) in [5.41, 5.74) is -0.874. The van der Waals surface area contributed by atoms with E-state index in [1.807, 2.05) is 0 Å². The van der Waals surface area contributed by atoms with Gasteiger partial charge in [0.2, 0.25) is 0 Å². The van der Waals surface area contributed by atoms with Gasteiger partial charge in [-0.3, -0.25) is 0 Å². The van der Waals surface area contributed by atoms with Crippen molar-refractivity contribution in [1.82, 2.24) is 4.98 Å². The average Bonchev–Trinajstić information content (AvgIpc) is 2.28. The predicted molar refractivity (Wildman–Crippen MR) is 56.7 cm³/mol. The quantitative estimate of drug-likeness (QED) is 0.786. The maximum Gasteiger partial charge on any atom is 0.343 e. The summed E-state index contributed by atoms with van der Waals surface area (Å²) in [6.45, 7) is 1.69. The van der Waals surface area contributed by atoms with E-state index in [1.165, 1.54) is 0 Å². The lowest BCUT2D eigenvalue weighted by Gasteiger charge is -2.12. The molecule has 0 saturated heterocycles. The molecule has 1 aromatic heterocycles. The van der Waals surface area contributed by atoms with Gasteiger partial charge in [0, 0.05) is 6.20 Å². The number of aromatic nitrogens is 1. The molecular formula is C10H10ClF2NO3. The van der Waals surface area contributed by atoms with Crippen molar-refractivity contribution in [1.29, 1.82) is 0 Å². The minimum atomic E-state index is -2.87. The van der Waals surface area contributed by atoms with Crippen LogP contribution in [0.2, 0.25) is 5.02 Å². The Kier molecular flexibility index (Phi) is 4.62. The van der Waals surface area contributed by atoms with Gasteiger partial charge in [-0.25, -0.2) is 18.6 Å². The molecule has 0 spiro atoms. The van der Waals surface area contributed by atoms with E-state index in [9.17, 15) is 13.6 Å². The van der Waals surface area contributed by atoms with Gasteiger partial charge in [-0.2, -0.15) is 0 Å². The zero-order valence-electron chi connectivity index (χ0n) is 9.17. The first-order chi connectivity index (χ1) is 8.02. The van der Waals surface area contributed by atoms with E-state index in [1.54, 1.807) is 6.92 Å². The number of esters is 1. The lowest BCUT2D eigenvalue weighted by molar-refractivity contribution is 0.0521. The zero-order chi connectivity index (χ0) is 13.0. The van der Waals surface area contributed by atoms with Crippen LogP contribution in [0.3, 0.4) is 0 Å². The van der Waals surface area contributed by atoms with Crippen molar-refractivity contribution >= 4 is 17.6 Å². The second-order valence-corrected chi connectivity index (χ2v) is 3.33. The smallest absolute Gasteiger partial charge is 0.343 e. The molecule has 0 aliphatic carbocycles. The molecule has 0 bridgehead atoms. The topological polar surface area (TPSA) is 48.4 Å². The van der Waals surface area contributed by atoms with Crippen molar-refractivity contribution < 1.29 is 23.0 Å². The molecule has 0 atom stereocenters. The highest BCUT2D eigenvalue weighted by atomic mass is 35.5. The molecule has 17 heavy (non-hydrogen) atoms. The number of rotatable bonds is 4. The number of pyridine rings is 1. The first-order valence-corrected chi connectivity index (χ1v) is 5.08. The third kappa shape index (κ3) is 2.82. The Morgan fingerprint density at radius 3 is 2.71 bits per heavy atom. The fourth-order valence-electron chi connectivity index (χ4n) is 1.24. The van der Waals surface area contributed by atoms with Crippen LogP contribution in [-0.2, 0) is 4.74 Å². The maximum absolute atomic E-state index is 12.6. The summed E-state index contributed by atoms with van der Waals surface area (Å²) >= 11 is 5.73. The lowest BCUT2D eigenvalue weighted by atomic mass is 10.2. The van der Waals surface area contributed by atoms with Gasteiger partial charge in [0.25, 0.3) is 6.43 Å². The van der Waals surface area contributed by atoms with Gasteiger partial charge >= 0.3 is 5.97 Å². The first-order valence-electron chi connectivity index (χ1n) is 4.70. The van der Waals surface area contributed by atoms with Crippen molar-refractivity contribution in [2.24, 2.45) is 0 Å². The standard InChI is InChI=1S/C10H10ClF2NO3/c1-3-17-10(15)6-5(11)4-14-7(9(12)13)8(6)16-2/h4,9H,3H2,1-2H3. The summed E-state index contributed by atoms with van der Waals surface area (Å²) in [5, 5.41) is -0.0929. The fourth-order valence-corrected chi connectivity index (χ4v) is 1.45. The van der Waals surface area contributed by atoms with Crippen LogP contribution in [0.1, 0.15) is 29.4 Å². The monoisotopic (exact) mass is 265 g/mol. The van der Waals surface area contributed by atoms with Crippen molar-refractivity contribution in [2.45, 2.75) is 13.3 Å². The molecule has 0 radical (unpaired) electrons. The average molecular weight is 266 g/mol. The first kappa shape index (κ1) is 13.6. The number of carbonyl (C=O) groups is 1. The molecule has 1 rings (SSSR count). The molecule has 0 aliphatic rings. The van der Waals surface area contributed by atoms with Gasteiger partial charge in [-0.1, -0.05) is 11.6 Å². The molecule has 0 amide bonds. The molecule has 0 fully saturated rings. The number of alkyl halides is 2. The van der Waals surface area contributed by atoms with Crippen LogP contribution in [0.4, 0.5) is 8.78 Å². The van der Waals surface area contributed by atoms with Gasteiger partial charge in [-0.05, 0) is 6.92 Å². The molecule has 0 saturated carbocycles. The Morgan fingerprint density at radius 2 is 2.24 bits per heavy atom. The molecule has 0 aromatic carbocycles. The van der Waals surface area contributed by atoms with Crippen molar-refractivity contribution in [2.75, 3.05) is 13.7 Å². The van der Waals surface area contributed by atoms with Crippen LogP contribution in [0, 0.1) is 0 Å². The predicted octanol–water partition coefficient (Wildman–Crippen LogP) is 2.86. The summed E-state index contributed by atoms with van der Waals surface area (Å²) in [6.07, 6.45) is -1.90. The summed E-state index contributed by atoms with van der Waals surface area (Å²) in [7, 11) is 1.15. The summed E-state index contributed by atoms with van der Waals surface area (Å²) in [4.78, 5) is 15.0. The SMILES string of the molecule is CCOC(=O)c1c(Cl)cnc(C(F)F)c1OC. The molecule has 7 heteroatoms. The normalized spacial score (nSPS) is 10.5. The number of nitrogens with zero attached hydrogens (tertiary/aromatic N) is 1. The Hall–Kier alpha value is -1.43. The van der Waals surface area contributed by atoms with Crippen LogP contribution in [0.15, 0.2) is 6.20 Å². The van der Waals surface area contributed by atoms with Crippen molar-refractivity contribution in [3.8, 4) is 5.75 Å². The third-order valence-electron chi connectivity index (χ3n) is 1.91. The Bertz CT molecular complexity index is 426. The molecule has 0 aliphatic heterocycles. The van der Waals surface area contributed by atoms with Crippen LogP contribution in [-0.4, -0.2) is 24.7 Å². The minimum Gasteiger partial charge on any atom is -0.494 e. The zero-order valence-corrected chi connectivity index (χ0v) is 9.92. The van der Waals surface area contributed by atoms with Gasteiger partial charge in [0.05, 0.1) is 18.7 Å². The maximum atomic E-state index is 12.6. The van der Waals surface area contributed by atoms with Crippen LogP contribution in [0.25, 0.3) is 0 Å². The number of hydrogen-bond donors (Lipinski definition) is 0. The molecule has 4 nitrogen and oxygen atoms in total. The molecular weight excluding hydrogens is 256 g/mol. The summed E-state index contributed by atoms with van der Waals surface area (Å²) < 4.78 is 34.7. The Balaban J connectivity index is 3.35. The van der Waals surface area contributed by atoms with E-state index < -0.39 is 18.1 Å². The van der Waals surface area contributed by atoms with E-state index in [2.05, 4.69) is 4.98 Å². The van der Waals surface area contributed by atoms with Gasteiger partial charge in [0.15, 0.2) is 5.75 Å². The largest absolute Gasteiger partial charge is 0.494 e. The van der Waals surface area contributed by atoms with Crippen LogP contribution < -0.4 is 4.74 Å². The lowest BCUT2D eigenvalue weighted by Crippen LogP contribution is -2.10. The number of methoxy groups -OCH3 is 1. The number of halogens is 3. The molecule has 1 heterocycles. The second-order valence-electron chi connectivity index (χ2n) is 2.92. The van der Waals surface area contributed by atoms with E-state index in [-0.39, 0.29) is 22.9 Å². The van der Waals surface area contributed by atoms with E-state index in [0.717, 1.165) is 13.3 Å². The summed E-state index contributed by atoms with van der Waals surface area (Å²) in [6, 6.07) is 0. The van der Waals surface area contributed by atoms with Gasteiger partial charge in [0.1, 0.15) is 11.3 Å².